The van der Waals surface area contributed by atoms with E-state index in [4.69, 9.17) is 0 Å². The van der Waals surface area contributed by atoms with E-state index in [1.807, 2.05) is 0 Å². The summed E-state index contributed by atoms with van der Waals surface area (Å²) in [4.78, 5) is 27.3. The highest BCUT2D eigenvalue weighted by molar-refractivity contribution is 6.18. The lowest BCUT2D eigenvalue weighted by Gasteiger charge is -2.28. The van der Waals surface area contributed by atoms with E-state index >= 15 is 0 Å². The van der Waals surface area contributed by atoms with Crippen molar-refractivity contribution in [2.45, 2.75) is 13.8 Å². The van der Waals surface area contributed by atoms with Crippen LogP contribution in [0.5, 0.6) is 0 Å². The Morgan fingerprint density at radius 2 is 1.53 bits per heavy atom. The third-order valence-corrected chi connectivity index (χ3v) is 3.54. The van der Waals surface area contributed by atoms with E-state index in [2.05, 4.69) is 10.2 Å². The van der Waals surface area contributed by atoms with Crippen molar-refractivity contribution in [3.63, 3.8) is 0 Å². The smallest absolute Gasteiger partial charge is 0.256 e. The van der Waals surface area contributed by atoms with E-state index in [9.17, 15) is 9.59 Å². The molecule has 1 saturated heterocycles. The van der Waals surface area contributed by atoms with Crippen LogP contribution in [-0.2, 0) is 9.59 Å². The SMILES string of the molecule is CC1=C(C)C(=O)N(CCN2CCNCC2)C1=O. The molecule has 0 aromatic heterocycles. The van der Waals surface area contributed by atoms with Gasteiger partial charge in [0.1, 0.15) is 0 Å². The minimum Gasteiger partial charge on any atom is -0.314 e. The molecule has 94 valence electrons. The van der Waals surface area contributed by atoms with Gasteiger partial charge in [-0.3, -0.25) is 19.4 Å². The minimum absolute atomic E-state index is 0.123. The van der Waals surface area contributed by atoms with Crippen LogP contribution < -0.4 is 5.32 Å². The summed E-state index contributed by atoms with van der Waals surface area (Å²) in [6.07, 6.45) is 0. The molecule has 2 rings (SSSR count). The van der Waals surface area contributed by atoms with Crippen molar-refractivity contribution in [1.82, 2.24) is 15.1 Å². The van der Waals surface area contributed by atoms with Crippen LogP contribution in [0, 0.1) is 0 Å². The first-order valence-electron chi connectivity index (χ1n) is 6.08. The monoisotopic (exact) mass is 237 g/mol. The first-order valence-corrected chi connectivity index (χ1v) is 6.08. The minimum atomic E-state index is -0.123. The summed E-state index contributed by atoms with van der Waals surface area (Å²) in [6.45, 7) is 8.67. The van der Waals surface area contributed by atoms with Crippen molar-refractivity contribution in [3.8, 4) is 0 Å². The lowest BCUT2D eigenvalue weighted by Crippen LogP contribution is -2.47. The summed E-state index contributed by atoms with van der Waals surface area (Å²) in [5.41, 5.74) is 1.19. The molecule has 0 radical (unpaired) electrons. The number of carbonyl (C=O) groups is 2. The molecule has 0 aliphatic carbocycles. The van der Waals surface area contributed by atoms with E-state index in [0.29, 0.717) is 17.7 Å². The van der Waals surface area contributed by atoms with E-state index in [0.717, 1.165) is 32.7 Å². The molecule has 0 bridgehead atoms. The Morgan fingerprint density at radius 3 is 2.06 bits per heavy atom. The van der Waals surface area contributed by atoms with Gasteiger partial charge >= 0.3 is 0 Å². The zero-order valence-electron chi connectivity index (χ0n) is 10.5. The number of imide groups is 1. The molecule has 2 aliphatic rings. The maximum Gasteiger partial charge on any atom is 0.256 e. The van der Waals surface area contributed by atoms with Crippen molar-refractivity contribution < 1.29 is 9.59 Å². The van der Waals surface area contributed by atoms with E-state index in [-0.39, 0.29) is 11.8 Å². The Kier molecular flexibility index (Phi) is 3.59. The molecule has 0 aromatic carbocycles. The lowest BCUT2D eigenvalue weighted by molar-refractivity contribution is -0.137. The van der Waals surface area contributed by atoms with Crippen LogP contribution in [0.1, 0.15) is 13.8 Å². The molecule has 1 fully saturated rings. The largest absolute Gasteiger partial charge is 0.314 e. The number of rotatable bonds is 3. The number of nitrogens with zero attached hydrogens (tertiary/aromatic N) is 2. The Balaban J connectivity index is 1.88. The van der Waals surface area contributed by atoms with Crippen molar-refractivity contribution in [3.05, 3.63) is 11.1 Å². The zero-order valence-corrected chi connectivity index (χ0v) is 10.5. The predicted molar refractivity (Wildman–Crippen MR) is 64.4 cm³/mol. The van der Waals surface area contributed by atoms with Crippen LogP contribution in [-0.4, -0.2) is 60.9 Å². The summed E-state index contributed by atoms with van der Waals surface area (Å²) in [5.74, 6) is -0.245. The van der Waals surface area contributed by atoms with E-state index in [1.165, 1.54) is 4.90 Å². The number of nitrogens with one attached hydrogen (secondary N) is 1. The Labute approximate surface area is 101 Å². The number of hydrogen-bond acceptors (Lipinski definition) is 4. The van der Waals surface area contributed by atoms with Crippen LogP contribution in [0.3, 0.4) is 0 Å². The van der Waals surface area contributed by atoms with Crippen molar-refractivity contribution >= 4 is 11.8 Å². The summed E-state index contributed by atoms with van der Waals surface area (Å²) < 4.78 is 0. The highest BCUT2D eigenvalue weighted by Crippen LogP contribution is 2.19. The highest BCUT2D eigenvalue weighted by Gasteiger charge is 2.33. The van der Waals surface area contributed by atoms with E-state index in [1.54, 1.807) is 13.8 Å². The molecule has 5 nitrogen and oxygen atoms in total. The van der Waals surface area contributed by atoms with E-state index < -0.39 is 0 Å². The predicted octanol–water partition coefficient (Wildman–Crippen LogP) is -0.403. The molecule has 17 heavy (non-hydrogen) atoms. The summed E-state index contributed by atoms with van der Waals surface area (Å²) in [5, 5.41) is 3.28. The lowest BCUT2D eigenvalue weighted by atomic mass is 10.2. The van der Waals surface area contributed by atoms with Gasteiger partial charge in [-0.05, 0) is 13.8 Å². The highest BCUT2D eigenvalue weighted by atomic mass is 16.2. The second-order valence-corrected chi connectivity index (χ2v) is 4.60. The topological polar surface area (TPSA) is 52.7 Å². The fourth-order valence-corrected chi connectivity index (χ4v) is 2.20. The fraction of sp³-hybridized carbons (Fsp3) is 0.667. The van der Waals surface area contributed by atoms with Gasteiger partial charge in [0.05, 0.1) is 0 Å². The summed E-state index contributed by atoms with van der Waals surface area (Å²) in [7, 11) is 0. The van der Waals surface area contributed by atoms with Gasteiger partial charge in [-0.15, -0.1) is 0 Å². The second-order valence-electron chi connectivity index (χ2n) is 4.60. The standard InChI is InChI=1S/C12H19N3O2/c1-9-10(2)12(17)15(11(9)16)8-7-14-5-3-13-4-6-14/h13H,3-8H2,1-2H3. The quantitative estimate of drug-likeness (QED) is 0.678. The van der Waals surface area contributed by atoms with Crippen molar-refractivity contribution in [1.29, 1.82) is 0 Å². The molecule has 2 amide bonds. The molecular weight excluding hydrogens is 218 g/mol. The molecule has 0 aromatic rings. The Hall–Kier alpha value is -1.20. The van der Waals surface area contributed by atoms with Crippen LogP contribution in [0.4, 0.5) is 0 Å². The maximum absolute atomic E-state index is 11.8. The summed E-state index contributed by atoms with van der Waals surface area (Å²) in [6, 6.07) is 0. The molecule has 1 N–H and O–H groups in total. The molecule has 2 heterocycles. The number of hydrogen-bond donors (Lipinski definition) is 1. The van der Waals surface area contributed by atoms with Crippen molar-refractivity contribution in [2.75, 3.05) is 39.3 Å². The molecule has 0 saturated carbocycles. The van der Waals surface area contributed by atoms with Gasteiger partial charge in [0.25, 0.3) is 11.8 Å². The number of piperazine rings is 1. The van der Waals surface area contributed by atoms with Crippen LogP contribution in [0.15, 0.2) is 11.1 Å². The fourth-order valence-electron chi connectivity index (χ4n) is 2.20. The second kappa shape index (κ2) is 4.98. The number of amides is 2. The molecule has 0 unspecified atom stereocenters. The maximum atomic E-state index is 11.8. The van der Waals surface area contributed by atoms with Crippen LogP contribution in [0.2, 0.25) is 0 Å². The molecule has 5 heteroatoms. The third kappa shape index (κ3) is 2.40. The van der Waals surface area contributed by atoms with Crippen LogP contribution in [0.25, 0.3) is 0 Å². The van der Waals surface area contributed by atoms with Gasteiger partial charge in [0.15, 0.2) is 0 Å². The Bertz CT molecular complexity index is 346. The van der Waals surface area contributed by atoms with Gasteiger partial charge in [0.2, 0.25) is 0 Å². The normalized spacial score (nSPS) is 22.8. The van der Waals surface area contributed by atoms with Crippen LogP contribution >= 0.6 is 0 Å². The third-order valence-electron chi connectivity index (χ3n) is 3.54. The summed E-state index contributed by atoms with van der Waals surface area (Å²) >= 11 is 0. The number of carbonyl (C=O) groups excluding carboxylic acids is 2. The van der Waals surface area contributed by atoms with Gasteiger partial charge < -0.3 is 5.32 Å². The first kappa shape index (κ1) is 12.3. The average molecular weight is 237 g/mol. The van der Waals surface area contributed by atoms with Gasteiger partial charge in [0, 0.05) is 50.4 Å². The van der Waals surface area contributed by atoms with Gasteiger partial charge in [-0.1, -0.05) is 0 Å². The molecular formula is C12H19N3O2. The Morgan fingerprint density at radius 1 is 1.00 bits per heavy atom. The molecule has 2 aliphatic heterocycles. The van der Waals surface area contributed by atoms with Crippen molar-refractivity contribution in [2.24, 2.45) is 0 Å². The molecule has 0 spiro atoms. The zero-order chi connectivity index (χ0) is 12.4. The van der Waals surface area contributed by atoms with Gasteiger partial charge in [-0.25, -0.2) is 0 Å². The first-order chi connectivity index (χ1) is 8.11. The average Bonchev–Trinajstić information content (AvgIpc) is 2.54. The van der Waals surface area contributed by atoms with Gasteiger partial charge in [-0.2, -0.15) is 0 Å². The molecule has 0 atom stereocenters.